The number of hydrogen-bond donors (Lipinski definition) is 0. The second kappa shape index (κ2) is 6.49. The Balaban J connectivity index is 1.86. The molecular formula is C17H21N3O3S. The molecule has 0 aliphatic carbocycles. The molecule has 0 unspecified atom stereocenters. The van der Waals surface area contributed by atoms with Crippen molar-refractivity contribution < 1.29 is 13.2 Å². The molecule has 1 saturated heterocycles. The molecule has 3 rings (SSSR count). The average molecular weight is 347 g/mol. The number of piperidine rings is 1. The van der Waals surface area contributed by atoms with Crippen molar-refractivity contribution in [3.63, 3.8) is 0 Å². The summed E-state index contributed by atoms with van der Waals surface area (Å²) >= 11 is 0. The Labute approximate surface area is 142 Å². The molecule has 0 amide bonds. The first-order valence-electron chi connectivity index (χ1n) is 7.98. The molecule has 0 bridgehead atoms. The van der Waals surface area contributed by atoms with Crippen molar-refractivity contribution in [2.75, 3.05) is 13.1 Å². The molecule has 1 atom stereocenters. The molecule has 0 saturated carbocycles. The van der Waals surface area contributed by atoms with E-state index in [9.17, 15) is 13.2 Å². The predicted octanol–water partition coefficient (Wildman–Crippen LogP) is 2.19. The number of nitrogens with zero attached hydrogens (tertiary/aromatic N) is 3. The van der Waals surface area contributed by atoms with E-state index in [-0.39, 0.29) is 16.6 Å². The Morgan fingerprint density at radius 2 is 2.08 bits per heavy atom. The molecule has 1 aromatic heterocycles. The van der Waals surface area contributed by atoms with E-state index < -0.39 is 10.0 Å². The number of benzene rings is 1. The van der Waals surface area contributed by atoms with Gasteiger partial charge in [0, 0.05) is 37.8 Å². The van der Waals surface area contributed by atoms with Crippen molar-refractivity contribution in [3.05, 3.63) is 47.8 Å². The van der Waals surface area contributed by atoms with Crippen molar-refractivity contribution in [1.29, 1.82) is 0 Å². The molecule has 1 aliphatic heterocycles. The van der Waals surface area contributed by atoms with Crippen LogP contribution in [0.3, 0.4) is 0 Å². The highest BCUT2D eigenvalue weighted by Gasteiger charge is 2.32. The van der Waals surface area contributed by atoms with Gasteiger partial charge in [-0.1, -0.05) is 12.1 Å². The van der Waals surface area contributed by atoms with Gasteiger partial charge in [-0.2, -0.15) is 9.40 Å². The van der Waals surface area contributed by atoms with Crippen LogP contribution in [0.2, 0.25) is 0 Å². The molecule has 0 spiro atoms. The molecule has 0 N–H and O–H groups in total. The van der Waals surface area contributed by atoms with E-state index in [2.05, 4.69) is 5.10 Å². The number of Topliss-reactive ketones (excluding diaryl/α,β-unsaturated/α-hetero) is 1. The fourth-order valence-corrected chi connectivity index (χ4v) is 4.65. The van der Waals surface area contributed by atoms with Crippen LogP contribution in [0.5, 0.6) is 0 Å². The monoisotopic (exact) mass is 347 g/mol. The predicted molar refractivity (Wildman–Crippen MR) is 90.4 cm³/mol. The third-order valence-corrected chi connectivity index (χ3v) is 6.28. The Morgan fingerprint density at radius 1 is 1.29 bits per heavy atom. The quantitative estimate of drug-likeness (QED) is 0.795. The average Bonchev–Trinajstić information content (AvgIpc) is 3.01. The first kappa shape index (κ1) is 16.9. The van der Waals surface area contributed by atoms with Gasteiger partial charge in [0.2, 0.25) is 10.0 Å². The summed E-state index contributed by atoms with van der Waals surface area (Å²) in [4.78, 5) is 11.7. The van der Waals surface area contributed by atoms with Crippen LogP contribution in [0.25, 0.3) is 0 Å². The van der Waals surface area contributed by atoms with E-state index in [1.165, 1.54) is 17.3 Å². The summed E-state index contributed by atoms with van der Waals surface area (Å²) in [5.41, 5.74) is 1.34. The smallest absolute Gasteiger partial charge is 0.243 e. The van der Waals surface area contributed by atoms with Crippen LogP contribution >= 0.6 is 0 Å². The molecule has 24 heavy (non-hydrogen) atoms. The van der Waals surface area contributed by atoms with E-state index in [1.807, 2.05) is 19.3 Å². The lowest BCUT2D eigenvalue weighted by Crippen LogP contribution is -2.39. The van der Waals surface area contributed by atoms with E-state index in [0.717, 1.165) is 18.5 Å². The van der Waals surface area contributed by atoms with Gasteiger partial charge in [-0.3, -0.25) is 9.48 Å². The van der Waals surface area contributed by atoms with Crippen LogP contribution in [0, 0.1) is 0 Å². The number of rotatable bonds is 4. The van der Waals surface area contributed by atoms with E-state index in [1.54, 1.807) is 22.9 Å². The van der Waals surface area contributed by atoms with Gasteiger partial charge < -0.3 is 0 Å². The summed E-state index contributed by atoms with van der Waals surface area (Å²) in [5, 5.41) is 4.41. The molecule has 128 valence electrons. The number of hydrogen-bond acceptors (Lipinski definition) is 4. The molecule has 0 radical (unpaired) electrons. The first-order valence-corrected chi connectivity index (χ1v) is 9.42. The van der Waals surface area contributed by atoms with E-state index in [4.69, 9.17) is 0 Å². The second-order valence-corrected chi connectivity index (χ2v) is 8.14. The Kier molecular flexibility index (Phi) is 4.56. The summed E-state index contributed by atoms with van der Waals surface area (Å²) in [7, 11) is -1.75. The maximum atomic E-state index is 12.9. The Bertz CT molecular complexity index is 857. The summed E-state index contributed by atoms with van der Waals surface area (Å²) in [6, 6.07) is 8.20. The Morgan fingerprint density at radius 3 is 2.75 bits per heavy atom. The third kappa shape index (κ3) is 3.27. The van der Waals surface area contributed by atoms with E-state index in [0.29, 0.717) is 18.7 Å². The van der Waals surface area contributed by atoms with Crippen molar-refractivity contribution in [2.45, 2.75) is 30.6 Å². The SMILES string of the molecule is CC(=O)c1cccc(S(=O)(=O)N2CCC[C@H](c3ccn(C)n3)C2)c1. The lowest BCUT2D eigenvalue weighted by atomic mass is 9.96. The van der Waals surface area contributed by atoms with Gasteiger partial charge >= 0.3 is 0 Å². The lowest BCUT2D eigenvalue weighted by molar-refractivity contribution is 0.101. The number of aromatic nitrogens is 2. The minimum absolute atomic E-state index is 0.103. The number of aryl methyl sites for hydroxylation is 1. The molecule has 2 aromatic rings. The summed E-state index contributed by atoms with van der Waals surface area (Å²) in [5.74, 6) is -0.0391. The summed E-state index contributed by atoms with van der Waals surface area (Å²) in [6.07, 6.45) is 3.60. The van der Waals surface area contributed by atoms with Crippen molar-refractivity contribution >= 4 is 15.8 Å². The highest BCUT2D eigenvalue weighted by Crippen LogP contribution is 2.29. The van der Waals surface area contributed by atoms with Crippen LogP contribution in [0.4, 0.5) is 0 Å². The molecule has 1 aromatic carbocycles. The minimum Gasteiger partial charge on any atom is -0.295 e. The Hall–Kier alpha value is -1.99. The zero-order valence-corrected chi connectivity index (χ0v) is 14.7. The standard InChI is InChI=1S/C17H21N3O3S/c1-13(21)14-5-3-7-16(11-14)24(22,23)20-9-4-6-15(12-20)17-8-10-19(2)18-17/h3,5,7-8,10-11,15H,4,6,9,12H2,1-2H3/t15-/m0/s1. The van der Waals surface area contributed by atoms with Crippen molar-refractivity contribution in [1.82, 2.24) is 14.1 Å². The van der Waals surface area contributed by atoms with Crippen LogP contribution in [0.1, 0.15) is 41.7 Å². The normalized spacial score (nSPS) is 19.3. The molecule has 1 aliphatic rings. The lowest BCUT2D eigenvalue weighted by Gasteiger charge is -2.31. The van der Waals surface area contributed by atoms with Gasteiger partial charge in [0.25, 0.3) is 0 Å². The molecule has 6 nitrogen and oxygen atoms in total. The van der Waals surface area contributed by atoms with Crippen molar-refractivity contribution in [2.24, 2.45) is 7.05 Å². The zero-order valence-electron chi connectivity index (χ0n) is 13.8. The molecular weight excluding hydrogens is 326 g/mol. The zero-order chi connectivity index (χ0) is 17.3. The molecule has 2 heterocycles. The maximum absolute atomic E-state index is 12.9. The first-order chi connectivity index (χ1) is 11.4. The number of carbonyl (C=O) groups is 1. The van der Waals surface area contributed by atoms with E-state index >= 15 is 0 Å². The topological polar surface area (TPSA) is 72.3 Å². The van der Waals surface area contributed by atoms with Crippen molar-refractivity contribution in [3.8, 4) is 0 Å². The molecule has 7 heteroatoms. The summed E-state index contributed by atoms with van der Waals surface area (Å²) in [6.45, 7) is 2.35. The fourth-order valence-electron chi connectivity index (χ4n) is 3.08. The minimum atomic E-state index is -3.61. The van der Waals surface area contributed by atoms with Gasteiger partial charge in [0.05, 0.1) is 10.6 Å². The highest BCUT2D eigenvalue weighted by molar-refractivity contribution is 7.89. The fraction of sp³-hybridized carbons (Fsp3) is 0.412. The second-order valence-electron chi connectivity index (χ2n) is 6.20. The van der Waals surface area contributed by atoms with Gasteiger partial charge in [0.1, 0.15) is 0 Å². The third-order valence-electron chi connectivity index (χ3n) is 4.41. The van der Waals surface area contributed by atoms with Gasteiger partial charge in [-0.25, -0.2) is 8.42 Å². The number of ketones is 1. The maximum Gasteiger partial charge on any atom is 0.243 e. The van der Waals surface area contributed by atoms with Crippen LogP contribution in [0.15, 0.2) is 41.4 Å². The van der Waals surface area contributed by atoms with Gasteiger partial charge in [0.15, 0.2) is 5.78 Å². The van der Waals surface area contributed by atoms with Gasteiger partial charge in [-0.05, 0) is 38.0 Å². The van der Waals surface area contributed by atoms with Gasteiger partial charge in [-0.15, -0.1) is 0 Å². The largest absolute Gasteiger partial charge is 0.295 e. The highest BCUT2D eigenvalue weighted by atomic mass is 32.2. The van der Waals surface area contributed by atoms with Crippen LogP contribution in [-0.4, -0.2) is 41.4 Å². The number of sulfonamides is 1. The molecule has 1 fully saturated rings. The van der Waals surface area contributed by atoms with Crippen LogP contribution < -0.4 is 0 Å². The summed E-state index contributed by atoms with van der Waals surface area (Å²) < 4.78 is 29.1. The van der Waals surface area contributed by atoms with Crippen LogP contribution in [-0.2, 0) is 17.1 Å². The number of carbonyl (C=O) groups excluding carboxylic acids is 1.